The normalized spacial score (nSPS) is 25.4. The summed E-state index contributed by atoms with van der Waals surface area (Å²) < 4.78 is 11.6. The van der Waals surface area contributed by atoms with Gasteiger partial charge >= 0.3 is 12.0 Å². The predicted octanol–water partition coefficient (Wildman–Crippen LogP) is 3.40. The molecule has 0 spiro atoms. The number of para-hydroxylation sites is 2. The van der Waals surface area contributed by atoms with Gasteiger partial charge in [0.25, 0.3) is 0 Å². The Morgan fingerprint density at radius 3 is 2.59 bits per heavy atom. The first kappa shape index (κ1) is 19.5. The fourth-order valence-corrected chi connectivity index (χ4v) is 3.65. The average Bonchev–Trinajstić information content (AvgIpc) is 2.68. The maximum Gasteiger partial charge on any atom is 0.319 e. The molecule has 7 heteroatoms. The van der Waals surface area contributed by atoms with Gasteiger partial charge in [0.15, 0.2) is 0 Å². The number of carboxylic acid groups (broad SMARTS) is 1. The van der Waals surface area contributed by atoms with Crippen molar-refractivity contribution in [2.75, 3.05) is 18.5 Å². The number of hydrogen-bond acceptors (Lipinski definition) is 4. The summed E-state index contributed by atoms with van der Waals surface area (Å²) in [5.74, 6) is -0.412. The Labute approximate surface area is 159 Å². The molecule has 1 aliphatic heterocycles. The first-order valence-corrected chi connectivity index (χ1v) is 9.75. The summed E-state index contributed by atoms with van der Waals surface area (Å²) in [6.45, 7) is 1.25. The van der Waals surface area contributed by atoms with E-state index >= 15 is 0 Å². The molecule has 27 heavy (non-hydrogen) atoms. The highest BCUT2D eigenvalue weighted by molar-refractivity contribution is 5.91. The van der Waals surface area contributed by atoms with Gasteiger partial charge in [-0.05, 0) is 57.1 Å². The Bertz CT molecular complexity index is 637. The number of nitrogens with one attached hydrogen (secondary N) is 2. The molecule has 1 atom stereocenters. The minimum atomic E-state index is -0.745. The van der Waals surface area contributed by atoms with Crippen molar-refractivity contribution in [2.24, 2.45) is 5.92 Å². The van der Waals surface area contributed by atoms with E-state index in [0.717, 1.165) is 25.9 Å². The zero-order valence-corrected chi connectivity index (χ0v) is 15.5. The van der Waals surface area contributed by atoms with Crippen LogP contribution in [0.2, 0.25) is 0 Å². The van der Waals surface area contributed by atoms with E-state index in [4.69, 9.17) is 14.6 Å². The first-order valence-electron chi connectivity index (χ1n) is 9.75. The van der Waals surface area contributed by atoms with Crippen LogP contribution in [0.4, 0.5) is 10.5 Å². The van der Waals surface area contributed by atoms with Gasteiger partial charge in [-0.15, -0.1) is 0 Å². The van der Waals surface area contributed by atoms with Crippen LogP contribution in [0.3, 0.4) is 0 Å². The molecule has 2 amide bonds. The van der Waals surface area contributed by atoms with E-state index < -0.39 is 5.97 Å². The number of rotatable bonds is 6. The van der Waals surface area contributed by atoms with Gasteiger partial charge in [-0.3, -0.25) is 4.79 Å². The summed E-state index contributed by atoms with van der Waals surface area (Å²) >= 11 is 0. The Morgan fingerprint density at radius 2 is 1.89 bits per heavy atom. The molecule has 2 fully saturated rings. The zero-order valence-electron chi connectivity index (χ0n) is 15.5. The second-order valence-electron chi connectivity index (χ2n) is 7.28. The summed E-state index contributed by atoms with van der Waals surface area (Å²) in [5.41, 5.74) is 0.616. The van der Waals surface area contributed by atoms with Gasteiger partial charge in [0.1, 0.15) is 12.4 Å². The molecule has 0 aromatic heterocycles. The van der Waals surface area contributed by atoms with Crippen molar-refractivity contribution in [3.05, 3.63) is 24.3 Å². The SMILES string of the molecule is O=C(Nc1ccccc1OCC1CCCCO1)NC1CCC(C(=O)O)CC1. The fourth-order valence-electron chi connectivity index (χ4n) is 3.65. The summed E-state index contributed by atoms with van der Waals surface area (Å²) in [4.78, 5) is 23.4. The lowest BCUT2D eigenvalue weighted by molar-refractivity contribution is -0.142. The van der Waals surface area contributed by atoms with Crippen molar-refractivity contribution in [3.8, 4) is 5.75 Å². The second-order valence-corrected chi connectivity index (χ2v) is 7.28. The molecular formula is C20H28N2O5. The summed E-state index contributed by atoms with van der Waals surface area (Å²) in [7, 11) is 0. The standard InChI is InChI=1S/C20H28N2O5/c23-19(24)14-8-10-15(11-9-14)21-20(25)22-17-6-1-2-7-18(17)27-13-16-5-3-4-12-26-16/h1-2,6-7,14-16H,3-5,8-13H2,(H,23,24)(H2,21,22,25). The third-order valence-corrected chi connectivity index (χ3v) is 5.25. The number of hydrogen-bond donors (Lipinski definition) is 3. The largest absolute Gasteiger partial charge is 0.489 e. The average molecular weight is 376 g/mol. The number of amides is 2. The van der Waals surface area contributed by atoms with Crippen LogP contribution in [0.5, 0.6) is 5.75 Å². The van der Waals surface area contributed by atoms with Crippen LogP contribution in [-0.4, -0.2) is 42.5 Å². The summed E-state index contributed by atoms with van der Waals surface area (Å²) in [6, 6.07) is 7.06. The molecular weight excluding hydrogens is 348 g/mol. The van der Waals surface area contributed by atoms with Crippen molar-refractivity contribution in [2.45, 2.75) is 57.1 Å². The number of benzene rings is 1. The van der Waals surface area contributed by atoms with Crippen LogP contribution >= 0.6 is 0 Å². The molecule has 0 radical (unpaired) electrons. The van der Waals surface area contributed by atoms with E-state index in [-0.39, 0.29) is 24.1 Å². The van der Waals surface area contributed by atoms with Crippen LogP contribution < -0.4 is 15.4 Å². The van der Waals surface area contributed by atoms with Gasteiger partial charge in [-0.25, -0.2) is 4.79 Å². The minimum absolute atomic E-state index is 0.00400. The van der Waals surface area contributed by atoms with E-state index in [1.165, 1.54) is 0 Å². The number of aliphatic carboxylic acids is 1. The van der Waals surface area contributed by atoms with Gasteiger partial charge in [0.2, 0.25) is 0 Å². The van der Waals surface area contributed by atoms with Crippen LogP contribution in [0.25, 0.3) is 0 Å². The predicted molar refractivity (Wildman–Crippen MR) is 101 cm³/mol. The van der Waals surface area contributed by atoms with Gasteiger partial charge in [0, 0.05) is 12.6 Å². The first-order chi connectivity index (χ1) is 13.1. The highest BCUT2D eigenvalue weighted by atomic mass is 16.5. The fraction of sp³-hybridized carbons (Fsp3) is 0.600. The van der Waals surface area contributed by atoms with E-state index in [1.807, 2.05) is 18.2 Å². The second kappa shape index (κ2) is 9.60. The van der Waals surface area contributed by atoms with E-state index in [9.17, 15) is 9.59 Å². The van der Waals surface area contributed by atoms with Crippen molar-refractivity contribution in [3.63, 3.8) is 0 Å². The Hall–Kier alpha value is -2.28. The maximum absolute atomic E-state index is 12.3. The number of anilines is 1. The topological polar surface area (TPSA) is 96.9 Å². The van der Waals surface area contributed by atoms with Crippen molar-refractivity contribution >= 4 is 17.7 Å². The number of ether oxygens (including phenoxy) is 2. The van der Waals surface area contributed by atoms with Crippen LogP contribution in [0.1, 0.15) is 44.9 Å². The Kier molecular flexibility index (Phi) is 6.92. The van der Waals surface area contributed by atoms with E-state index in [0.29, 0.717) is 43.7 Å². The summed E-state index contributed by atoms with van der Waals surface area (Å²) in [6.07, 6.45) is 5.91. The van der Waals surface area contributed by atoms with Crippen LogP contribution in [-0.2, 0) is 9.53 Å². The van der Waals surface area contributed by atoms with E-state index in [1.54, 1.807) is 6.07 Å². The van der Waals surface area contributed by atoms with Gasteiger partial charge in [0.05, 0.1) is 17.7 Å². The van der Waals surface area contributed by atoms with Crippen LogP contribution in [0.15, 0.2) is 24.3 Å². The van der Waals surface area contributed by atoms with Crippen molar-refractivity contribution < 1.29 is 24.2 Å². The number of urea groups is 1. The third-order valence-electron chi connectivity index (χ3n) is 5.25. The molecule has 7 nitrogen and oxygen atoms in total. The molecule has 1 saturated heterocycles. The molecule has 148 valence electrons. The third kappa shape index (κ3) is 5.85. The van der Waals surface area contributed by atoms with Gasteiger partial charge in [-0.2, -0.15) is 0 Å². The highest BCUT2D eigenvalue weighted by Crippen LogP contribution is 2.26. The quantitative estimate of drug-likeness (QED) is 0.707. The lowest BCUT2D eigenvalue weighted by atomic mass is 9.86. The molecule has 1 aromatic carbocycles. The Balaban J connectivity index is 1.48. The Morgan fingerprint density at radius 1 is 1.11 bits per heavy atom. The molecule has 1 saturated carbocycles. The number of carboxylic acids is 1. The summed E-state index contributed by atoms with van der Waals surface area (Å²) in [5, 5.41) is 14.8. The molecule has 1 heterocycles. The molecule has 1 unspecified atom stereocenters. The number of carbonyl (C=O) groups excluding carboxylic acids is 1. The van der Waals surface area contributed by atoms with Gasteiger partial charge < -0.3 is 25.2 Å². The zero-order chi connectivity index (χ0) is 19.1. The lowest BCUT2D eigenvalue weighted by Crippen LogP contribution is -2.41. The molecule has 1 aromatic rings. The molecule has 3 N–H and O–H groups in total. The lowest BCUT2D eigenvalue weighted by Gasteiger charge is -2.27. The number of carbonyl (C=O) groups is 2. The molecule has 0 bridgehead atoms. The molecule has 1 aliphatic carbocycles. The monoisotopic (exact) mass is 376 g/mol. The van der Waals surface area contributed by atoms with Crippen molar-refractivity contribution in [1.29, 1.82) is 0 Å². The highest BCUT2D eigenvalue weighted by Gasteiger charge is 2.26. The molecule has 3 rings (SSSR count). The van der Waals surface area contributed by atoms with E-state index in [2.05, 4.69) is 10.6 Å². The maximum atomic E-state index is 12.3. The van der Waals surface area contributed by atoms with Crippen molar-refractivity contribution in [1.82, 2.24) is 5.32 Å². The molecule has 2 aliphatic rings. The smallest absolute Gasteiger partial charge is 0.319 e. The minimum Gasteiger partial charge on any atom is -0.489 e. The van der Waals surface area contributed by atoms with Gasteiger partial charge in [-0.1, -0.05) is 12.1 Å². The van der Waals surface area contributed by atoms with Crippen LogP contribution in [0, 0.1) is 5.92 Å².